The van der Waals surface area contributed by atoms with E-state index in [0.717, 1.165) is 31.8 Å². The topological polar surface area (TPSA) is 41.1 Å². The second kappa shape index (κ2) is 6.89. The van der Waals surface area contributed by atoms with Crippen molar-refractivity contribution >= 4 is 5.91 Å². The van der Waals surface area contributed by atoms with Gasteiger partial charge in [-0.3, -0.25) is 4.79 Å². The van der Waals surface area contributed by atoms with E-state index in [9.17, 15) is 4.79 Å². The summed E-state index contributed by atoms with van der Waals surface area (Å²) in [7, 11) is 0. The van der Waals surface area contributed by atoms with Gasteiger partial charge in [-0.1, -0.05) is 20.8 Å². The van der Waals surface area contributed by atoms with Gasteiger partial charge in [-0.25, -0.2) is 0 Å². The van der Waals surface area contributed by atoms with Gasteiger partial charge in [0.2, 0.25) is 5.91 Å². The van der Waals surface area contributed by atoms with E-state index in [4.69, 9.17) is 0 Å². The zero-order chi connectivity index (χ0) is 12.0. The Kier molecular flexibility index (Phi) is 5.81. The minimum absolute atomic E-state index is 0.0350. The highest BCUT2D eigenvalue weighted by atomic mass is 16.2. The van der Waals surface area contributed by atoms with Crippen molar-refractivity contribution in [2.45, 2.75) is 52.5 Å². The monoisotopic (exact) mass is 226 g/mol. The molecular formula is C13H26N2O. The third-order valence-corrected chi connectivity index (χ3v) is 3.31. The van der Waals surface area contributed by atoms with Gasteiger partial charge in [0.05, 0.1) is 6.04 Å². The molecule has 2 N–H and O–H groups in total. The summed E-state index contributed by atoms with van der Waals surface area (Å²) >= 11 is 0. The number of hydrogen-bond acceptors (Lipinski definition) is 2. The molecule has 2 atom stereocenters. The minimum Gasteiger partial charge on any atom is -0.355 e. The van der Waals surface area contributed by atoms with Crippen LogP contribution in [-0.4, -0.2) is 25.0 Å². The van der Waals surface area contributed by atoms with E-state index in [0.29, 0.717) is 5.92 Å². The van der Waals surface area contributed by atoms with Crippen LogP contribution < -0.4 is 10.6 Å². The maximum atomic E-state index is 11.9. The lowest BCUT2D eigenvalue weighted by atomic mass is 9.92. The van der Waals surface area contributed by atoms with Gasteiger partial charge in [0, 0.05) is 6.54 Å². The molecule has 1 heterocycles. The van der Waals surface area contributed by atoms with Gasteiger partial charge in [0.25, 0.3) is 0 Å². The molecule has 0 aromatic heterocycles. The van der Waals surface area contributed by atoms with Crippen LogP contribution in [-0.2, 0) is 4.79 Å². The summed E-state index contributed by atoms with van der Waals surface area (Å²) < 4.78 is 0. The Morgan fingerprint density at radius 1 is 1.50 bits per heavy atom. The number of carbonyl (C=O) groups excluding carboxylic acids is 1. The molecule has 0 saturated carbocycles. The first-order chi connectivity index (χ1) is 7.61. The van der Waals surface area contributed by atoms with Crippen molar-refractivity contribution in [3.8, 4) is 0 Å². The molecule has 94 valence electrons. The summed E-state index contributed by atoms with van der Waals surface area (Å²) in [6.45, 7) is 8.39. The van der Waals surface area contributed by atoms with Crippen molar-refractivity contribution in [2.75, 3.05) is 13.1 Å². The molecule has 1 rings (SSSR count). The van der Waals surface area contributed by atoms with Gasteiger partial charge < -0.3 is 10.6 Å². The van der Waals surface area contributed by atoms with Gasteiger partial charge in [-0.15, -0.1) is 0 Å². The van der Waals surface area contributed by atoms with E-state index in [-0.39, 0.29) is 11.9 Å². The Morgan fingerprint density at radius 2 is 2.25 bits per heavy atom. The number of amides is 1. The first-order valence-electron chi connectivity index (χ1n) is 6.62. The molecule has 0 aliphatic carbocycles. The van der Waals surface area contributed by atoms with Gasteiger partial charge in [0.1, 0.15) is 0 Å². The summed E-state index contributed by atoms with van der Waals surface area (Å²) in [5.74, 6) is 1.39. The van der Waals surface area contributed by atoms with Crippen LogP contribution in [0.15, 0.2) is 0 Å². The average molecular weight is 226 g/mol. The van der Waals surface area contributed by atoms with E-state index in [1.54, 1.807) is 0 Å². The minimum atomic E-state index is 0.0350. The van der Waals surface area contributed by atoms with Crippen molar-refractivity contribution in [2.24, 2.45) is 11.8 Å². The molecule has 1 amide bonds. The lowest BCUT2D eigenvalue weighted by Crippen LogP contribution is -2.51. The Hall–Kier alpha value is -0.570. The van der Waals surface area contributed by atoms with E-state index < -0.39 is 0 Å². The van der Waals surface area contributed by atoms with Crippen LogP contribution in [0.3, 0.4) is 0 Å². The summed E-state index contributed by atoms with van der Waals surface area (Å²) in [4.78, 5) is 11.9. The largest absolute Gasteiger partial charge is 0.355 e. The lowest BCUT2D eigenvalue weighted by molar-refractivity contribution is -0.124. The van der Waals surface area contributed by atoms with Gasteiger partial charge >= 0.3 is 0 Å². The van der Waals surface area contributed by atoms with Crippen LogP contribution >= 0.6 is 0 Å². The molecular weight excluding hydrogens is 200 g/mol. The van der Waals surface area contributed by atoms with Crippen LogP contribution in [0.25, 0.3) is 0 Å². The fraction of sp³-hybridized carbons (Fsp3) is 0.923. The number of rotatable bonds is 5. The van der Waals surface area contributed by atoms with Crippen molar-refractivity contribution in [3.05, 3.63) is 0 Å². The summed E-state index contributed by atoms with van der Waals surface area (Å²) in [6, 6.07) is 0.0350. The van der Waals surface area contributed by atoms with E-state index in [1.165, 1.54) is 12.8 Å². The first kappa shape index (κ1) is 13.5. The smallest absolute Gasteiger partial charge is 0.237 e. The molecule has 0 bridgehead atoms. The van der Waals surface area contributed by atoms with Crippen molar-refractivity contribution < 1.29 is 4.79 Å². The highest BCUT2D eigenvalue weighted by Gasteiger charge is 2.26. The maximum Gasteiger partial charge on any atom is 0.237 e. The molecule has 0 aromatic rings. The molecule has 1 saturated heterocycles. The van der Waals surface area contributed by atoms with Crippen LogP contribution in [0.4, 0.5) is 0 Å². The quantitative estimate of drug-likeness (QED) is 0.703. The Balaban J connectivity index is 2.18. The zero-order valence-corrected chi connectivity index (χ0v) is 10.9. The van der Waals surface area contributed by atoms with Gasteiger partial charge in [-0.05, 0) is 44.1 Å². The number of hydrogen-bond donors (Lipinski definition) is 2. The molecule has 0 radical (unpaired) electrons. The SMILES string of the molecule is CC(C)CCCNC(=O)C1NCCCC1C. The molecule has 0 aromatic carbocycles. The second-order valence-electron chi connectivity index (χ2n) is 5.38. The Morgan fingerprint density at radius 3 is 2.88 bits per heavy atom. The maximum absolute atomic E-state index is 11.9. The highest BCUT2D eigenvalue weighted by molar-refractivity contribution is 5.82. The molecule has 1 fully saturated rings. The third kappa shape index (κ3) is 4.52. The van der Waals surface area contributed by atoms with Gasteiger partial charge in [0.15, 0.2) is 0 Å². The van der Waals surface area contributed by atoms with Crippen molar-refractivity contribution in [1.29, 1.82) is 0 Å². The average Bonchev–Trinajstić information content (AvgIpc) is 2.24. The number of piperidine rings is 1. The van der Waals surface area contributed by atoms with Crippen molar-refractivity contribution in [3.63, 3.8) is 0 Å². The predicted octanol–water partition coefficient (Wildman–Crippen LogP) is 1.93. The molecule has 2 unspecified atom stereocenters. The predicted molar refractivity (Wildman–Crippen MR) is 67.3 cm³/mol. The Bertz CT molecular complexity index is 216. The first-order valence-corrected chi connectivity index (χ1v) is 6.62. The van der Waals surface area contributed by atoms with Gasteiger partial charge in [-0.2, -0.15) is 0 Å². The standard InChI is InChI=1S/C13H26N2O/c1-10(2)6-4-9-15-13(16)12-11(3)7-5-8-14-12/h10-12,14H,4-9H2,1-3H3,(H,15,16). The summed E-state index contributed by atoms with van der Waals surface area (Å²) in [5.41, 5.74) is 0. The summed E-state index contributed by atoms with van der Waals surface area (Å²) in [6.07, 6.45) is 4.63. The summed E-state index contributed by atoms with van der Waals surface area (Å²) in [5, 5.41) is 6.34. The van der Waals surface area contributed by atoms with Crippen molar-refractivity contribution in [1.82, 2.24) is 10.6 Å². The van der Waals surface area contributed by atoms with E-state index in [2.05, 4.69) is 31.4 Å². The normalized spacial score (nSPS) is 25.8. The molecule has 1 aliphatic rings. The zero-order valence-electron chi connectivity index (χ0n) is 10.9. The molecule has 1 aliphatic heterocycles. The van der Waals surface area contributed by atoms with E-state index >= 15 is 0 Å². The van der Waals surface area contributed by atoms with Crippen LogP contribution in [0.2, 0.25) is 0 Å². The second-order valence-corrected chi connectivity index (χ2v) is 5.38. The molecule has 3 nitrogen and oxygen atoms in total. The van der Waals surface area contributed by atoms with E-state index in [1.807, 2.05) is 0 Å². The number of nitrogens with one attached hydrogen (secondary N) is 2. The van der Waals surface area contributed by atoms with Crippen LogP contribution in [0.5, 0.6) is 0 Å². The highest BCUT2D eigenvalue weighted by Crippen LogP contribution is 2.15. The fourth-order valence-electron chi connectivity index (χ4n) is 2.23. The Labute approximate surface area is 99.4 Å². The number of carbonyl (C=O) groups is 1. The lowest BCUT2D eigenvalue weighted by Gasteiger charge is -2.28. The third-order valence-electron chi connectivity index (χ3n) is 3.31. The fourth-order valence-corrected chi connectivity index (χ4v) is 2.23. The molecule has 0 spiro atoms. The molecule has 16 heavy (non-hydrogen) atoms. The van der Waals surface area contributed by atoms with Crippen LogP contribution in [0, 0.1) is 11.8 Å². The molecule has 3 heteroatoms. The van der Waals surface area contributed by atoms with Crippen LogP contribution in [0.1, 0.15) is 46.5 Å².